The van der Waals surface area contributed by atoms with Crippen LogP contribution >= 0.6 is 0 Å². The van der Waals surface area contributed by atoms with Gasteiger partial charge in [0.15, 0.2) is 6.23 Å². The second kappa shape index (κ2) is 2.05. The van der Waals surface area contributed by atoms with Crippen LogP contribution in [0.2, 0.25) is 0 Å². The molecule has 1 aliphatic heterocycles. The Balaban J connectivity index is 2.84. The molecule has 1 atom stereocenters. The number of aliphatic hydroxyl groups excluding tert-OH is 1. The lowest BCUT2D eigenvalue weighted by molar-refractivity contribution is 0.103. The first-order chi connectivity index (χ1) is 4.52. The Hall–Kier alpha value is -0.900. The normalized spacial score (nSPS) is 29.9. The molecule has 0 bridgehead atoms. The molecule has 0 aliphatic carbocycles. The fourth-order valence-corrected chi connectivity index (χ4v) is 0.624. The maximum atomic E-state index is 9.25. The molecule has 0 radical (unpaired) electrons. The number of hydrogen-bond acceptors (Lipinski definition) is 4. The quantitative estimate of drug-likeness (QED) is 0.487. The number of nitrogens with zero attached hydrogens (tertiary/aromatic N) is 2. The second-order valence-electron chi connectivity index (χ2n) is 2.94. The van der Waals surface area contributed by atoms with Crippen molar-refractivity contribution in [2.75, 3.05) is 0 Å². The van der Waals surface area contributed by atoms with Crippen molar-refractivity contribution >= 4 is 12.2 Å². The molecule has 1 rings (SSSR count). The molecular weight excluding hydrogens is 130 g/mol. The van der Waals surface area contributed by atoms with Crippen LogP contribution in [-0.4, -0.2) is 23.5 Å². The van der Waals surface area contributed by atoms with Gasteiger partial charge in [-0.1, -0.05) is 13.8 Å². The maximum Gasteiger partial charge on any atom is 0.217 e. The highest BCUT2D eigenvalue weighted by atomic mass is 16.3. The van der Waals surface area contributed by atoms with Gasteiger partial charge in [0.05, 0.1) is 0 Å². The average molecular weight is 141 g/mol. The van der Waals surface area contributed by atoms with E-state index < -0.39 is 6.23 Å². The van der Waals surface area contributed by atoms with Crippen LogP contribution in [0.15, 0.2) is 9.98 Å². The predicted octanol–water partition coefficient (Wildman–Crippen LogP) is -0.270. The second-order valence-corrected chi connectivity index (χ2v) is 2.94. The molecule has 1 aliphatic rings. The molecular formula is C6H11N3O. The first-order valence-electron chi connectivity index (χ1n) is 3.09. The zero-order chi connectivity index (χ0) is 7.78. The molecule has 10 heavy (non-hydrogen) atoms. The average Bonchev–Trinajstić information content (AvgIpc) is 1.81. The van der Waals surface area contributed by atoms with Crippen LogP contribution in [0.25, 0.3) is 0 Å². The molecule has 0 saturated carbocycles. The third-order valence-corrected chi connectivity index (χ3v) is 1.45. The molecule has 1 unspecified atom stereocenters. The summed E-state index contributed by atoms with van der Waals surface area (Å²) in [6, 6.07) is 0. The monoisotopic (exact) mass is 141 g/mol. The van der Waals surface area contributed by atoms with Gasteiger partial charge in [-0.15, -0.1) is 0 Å². The van der Waals surface area contributed by atoms with Crippen molar-refractivity contribution in [2.24, 2.45) is 21.1 Å². The summed E-state index contributed by atoms with van der Waals surface area (Å²) < 4.78 is 0. The van der Waals surface area contributed by atoms with Crippen LogP contribution in [0.1, 0.15) is 13.8 Å². The first kappa shape index (κ1) is 7.21. The van der Waals surface area contributed by atoms with E-state index in [-0.39, 0.29) is 11.4 Å². The van der Waals surface area contributed by atoms with E-state index in [1.165, 1.54) is 0 Å². The maximum absolute atomic E-state index is 9.25. The summed E-state index contributed by atoms with van der Waals surface area (Å²) in [5.41, 5.74) is 4.85. The summed E-state index contributed by atoms with van der Waals surface area (Å²) in [7, 11) is 0. The predicted molar refractivity (Wildman–Crippen MR) is 39.9 cm³/mol. The summed E-state index contributed by atoms with van der Waals surface area (Å²) in [4.78, 5) is 7.46. The van der Waals surface area contributed by atoms with Crippen molar-refractivity contribution in [3.05, 3.63) is 0 Å². The largest absolute Gasteiger partial charge is 0.371 e. The molecule has 0 amide bonds. The standard InChI is InChI=1S/C6H11N3O/c1-6(2)3-8-5(7)9-4(6)10/h3-4,10H,1-2H3,(H2,7,9). The zero-order valence-corrected chi connectivity index (χ0v) is 6.07. The fraction of sp³-hybridized carbons (Fsp3) is 0.667. The summed E-state index contributed by atoms with van der Waals surface area (Å²) in [6.45, 7) is 3.69. The van der Waals surface area contributed by atoms with Crippen molar-refractivity contribution < 1.29 is 5.11 Å². The SMILES string of the molecule is CC1(C)C=NC(N)=NC1O. The van der Waals surface area contributed by atoms with E-state index in [1.807, 2.05) is 13.8 Å². The minimum absolute atomic E-state index is 0.145. The van der Waals surface area contributed by atoms with Gasteiger partial charge in [0.2, 0.25) is 5.96 Å². The molecule has 0 aromatic rings. The van der Waals surface area contributed by atoms with Gasteiger partial charge in [0.1, 0.15) is 0 Å². The van der Waals surface area contributed by atoms with Crippen molar-refractivity contribution in [3.63, 3.8) is 0 Å². The van der Waals surface area contributed by atoms with Gasteiger partial charge in [-0.25, -0.2) is 9.98 Å². The molecule has 0 fully saturated rings. The lowest BCUT2D eigenvalue weighted by Crippen LogP contribution is -2.35. The minimum Gasteiger partial charge on any atom is -0.371 e. The number of hydrogen-bond donors (Lipinski definition) is 2. The highest BCUT2D eigenvalue weighted by Gasteiger charge is 2.28. The molecule has 56 valence electrons. The van der Waals surface area contributed by atoms with Gasteiger partial charge in [0.25, 0.3) is 0 Å². The van der Waals surface area contributed by atoms with Crippen LogP contribution in [0.5, 0.6) is 0 Å². The number of nitrogens with two attached hydrogens (primary N) is 1. The molecule has 1 heterocycles. The lowest BCUT2D eigenvalue weighted by atomic mass is 9.92. The number of aliphatic imine (C=N–C) groups is 2. The van der Waals surface area contributed by atoms with Crippen molar-refractivity contribution in [3.8, 4) is 0 Å². The smallest absolute Gasteiger partial charge is 0.217 e. The summed E-state index contributed by atoms with van der Waals surface area (Å²) in [5, 5.41) is 9.25. The van der Waals surface area contributed by atoms with Crippen molar-refractivity contribution in [1.82, 2.24) is 0 Å². The van der Waals surface area contributed by atoms with Crippen LogP contribution < -0.4 is 5.73 Å². The highest BCUT2D eigenvalue weighted by Crippen LogP contribution is 2.21. The Labute approximate surface area is 59.5 Å². The van der Waals surface area contributed by atoms with Gasteiger partial charge in [-0.05, 0) is 0 Å². The third-order valence-electron chi connectivity index (χ3n) is 1.45. The lowest BCUT2D eigenvalue weighted by Gasteiger charge is -2.25. The van der Waals surface area contributed by atoms with E-state index in [0.29, 0.717) is 0 Å². The minimum atomic E-state index is -0.759. The van der Waals surface area contributed by atoms with E-state index in [9.17, 15) is 5.11 Å². The molecule has 0 saturated heterocycles. The molecule has 3 N–H and O–H groups in total. The topological polar surface area (TPSA) is 71.0 Å². The summed E-state index contributed by atoms with van der Waals surface area (Å²) >= 11 is 0. The van der Waals surface area contributed by atoms with Gasteiger partial charge >= 0.3 is 0 Å². The molecule has 0 aromatic carbocycles. The van der Waals surface area contributed by atoms with Crippen LogP contribution in [0, 0.1) is 5.41 Å². The van der Waals surface area contributed by atoms with Gasteiger partial charge in [-0.3, -0.25) is 0 Å². The van der Waals surface area contributed by atoms with Crippen LogP contribution in [-0.2, 0) is 0 Å². The fourth-order valence-electron chi connectivity index (χ4n) is 0.624. The van der Waals surface area contributed by atoms with E-state index >= 15 is 0 Å². The zero-order valence-electron chi connectivity index (χ0n) is 6.07. The van der Waals surface area contributed by atoms with E-state index in [2.05, 4.69) is 9.98 Å². The third kappa shape index (κ3) is 1.16. The first-order valence-corrected chi connectivity index (χ1v) is 3.09. The number of guanidine groups is 1. The van der Waals surface area contributed by atoms with Crippen LogP contribution in [0.4, 0.5) is 0 Å². The number of aliphatic hydroxyl groups is 1. The Morgan fingerprint density at radius 3 is 2.70 bits per heavy atom. The molecule has 0 aromatic heterocycles. The van der Waals surface area contributed by atoms with Crippen LogP contribution in [0.3, 0.4) is 0 Å². The van der Waals surface area contributed by atoms with E-state index in [1.54, 1.807) is 6.21 Å². The molecule has 0 spiro atoms. The summed E-state index contributed by atoms with van der Waals surface area (Å²) in [5.74, 6) is 0.145. The molecule has 4 nitrogen and oxygen atoms in total. The van der Waals surface area contributed by atoms with E-state index in [0.717, 1.165) is 0 Å². The van der Waals surface area contributed by atoms with Gasteiger partial charge < -0.3 is 10.8 Å². The summed E-state index contributed by atoms with van der Waals surface area (Å²) in [6.07, 6.45) is 0.852. The van der Waals surface area contributed by atoms with Crippen molar-refractivity contribution in [2.45, 2.75) is 20.1 Å². The Morgan fingerprint density at radius 2 is 2.30 bits per heavy atom. The van der Waals surface area contributed by atoms with Crippen molar-refractivity contribution in [1.29, 1.82) is 0 Å². The Morgan fingerprint density at radius 1 is 1.70 bits per heavy atom. The Bertz CT molecular complexity index is 195. The van der Waals surface area contributed by atoms with E-state index in [4.69, 9.17) is 5.73 Å². The van der Waals surface area contributed by atoms with Gasteiger partial charge in [0, 0.05) is 11.6 Å². The number of rotatable bonds is 0. The molecule has 4 heteroatoms. The highest BCUT2D eigenvalue weighted by molar-refractivity contribution is 5.90. The Kier molecular flexibility index (Phi) is 1.48. The van der Waals surface area contributed by atoms with Gasteiger partial charge in [-0.2, -0.15) is 0 Å².